The number of nitrogens with zero attached hydrogens (tertiary/aromatic N) is 1. The SMILES string of the molecule is [SiH3]c1ncccc1Cl. The number of pyridine rings is 1. The van der Waals surface area contributed by atoms with E-state index in [0.717, 1.165) is 20.6 Å². The van der Waals surface area contributed by atoms with Crippen molar-refractivity contribution in [1.29, 1.82) is 0 Å². The number of hydrogen-bond acceptors (Lipinski definition) is 1. The number of hydrogen-bond donors (Lipinski definition) is 0. The maximum atomic E-state index is 5.68. The van der Waals surface area contributed by atoms with Gasteiger partial charge in [0.15, 0.2) is 0 Å². The molecule has 1 heterocycles. The minimum absolute atomic E-state index is 0.791. The van der Waals surface area contributed by atoms with Crippen molar-refractivity contribution in [1.82, 2.24) is 4.98 Å². The second kappa shape index (κ2) is 2.28. The first-order valence-corrected chi connectivity index (χ1v) is 3.75. The highest BCUT2D eigenvalue weighted by molar-refractivity contribution is 6.43. The Morgan fingerprint density at radius 1 is 1.62 bits per heavy atom. The largest absolute Gasteiger partial charge is 0.266 e. The van der Waals surface area contributed by atoms with Crippen molar-refractivity contribution in [3.05, 3.63) is 23.4 Å². The lowest BCUT2D eigenvalue weighted by molar-refractivity contribution is 1.39. The van der Waals surface area contributed by atoms with Crippen LogP contribution in [0.2, 0.25) is 5.02 Å². The first kappa shape index (κ1) is 5.79. The zero-order valence-corrected chi connectivity index (χ0v) is 7.31. The lowest BCUT2D eigenvalue weighted by Crippen LogP contribution is -2.07. The van der Waals surface area contributed by atoms with Gasteiger partial charge in [-0.05, 0) is 12.1 Å². The number of rotatable bonds is 0. The van der Waals surface area contributed by atoms with Crippen LogP contribution < -0.4 is 5.32 Å². The van der Waals surface area contributed by atoms with Crippen molar-refractivity contribution >= 4 is 27.2 Å². The molecule has 0 aliphatic rings. The minimum Gasteiger partial charge on any atom is -0.266 e. The minimum atomic E-state index is 0.791. The van der Waals surface area contributed by atoms with Crippen LogP contribution in [0, 0.1) is 0 Å². The highest BCUT2D eigenvalue weighted by atomic mass is 35.5. The Hall–Kier alpha value is -0.343. The third-order valence-corrected chi connectivity index (χ3v) is 2.46. The van der Waals surface area contributed by atoms with Gasteiger partial charge in [0.2, 0.25) is 0 Å². The summed E-state index contributed by atoms with van der Waals surface area (Å²) in [5.74, 6) is 0. The molecule has 0 aliphatic heterocycles. The first-order valence-electron chi connectivity index (χ1n) is 2.38. The van der Waals surface area contributed by atoms with E-state index in [4.69, 9.17) is 11.6 Å². The van der Waals surface area contributed by atoms with Crippen molar-refractivity contribution in [2.24, 2.45) is 0 Å². The molecular formula is C5H6ClNSi. The molecule has 0 saturated carbocycles. The van der Waals surface area contributed by atoms with E-state index >= 15 is 0 Å². The van der Waals surface area contributed by atoms with E-state index in [1.807, 2.05) is 12.1 Å². The second-order valence-electron chi connectivity index (χ2n) is 1.57. The van der Waals surface area contributed by atoms with E-state index in [9.17, 15) is 0 Å². The maximum absolute atomic E-state index is 5.68. The van der Waals surface area contributed by atoms with E-state index in [-0.39, 0.29) is 0 Å². The standard InChI is InChI=1S/C5H6ClNSi/c6-4-2-1-3-7-5(4)8/h1-3H,8H3. The molecule has 0 aliphatic carbocycles. The van der Waals surface area contributed by atoms with Gasteiger partial charge in [-0.25, -0.2) is 0 Å². The van der Waals surface area contributed by atoms with Gasteiger partial charge >= 0.3 is 0 Å². The van der Waals surface area contributed by atoms with Crippen molar-refractivity contribution in [3.63, 3.8) is 0 Å². The van der Waals surface area contributed by atoms with Crippen molar-refractivity contribution in [2.75, 3.05) is 0 Å². The summed E-state index contributed by atoms with van der Waals surface area (Å²) in [5.41, 5.74) is 0. The van der Waals surface area contributed by atoms with E-state index in [0.29, 0.717) is 0 Å². The zero-order chi connectivity index (χ0) is 5.98. The van der Waals surface area contributed by atoms with Crippen LogP contribution in [-0.4, -0.2) is 15.2 Å². The van der Waals surface area contributed by atoms with Crippen molar-refractivity contribution < 1.29 is 0 Å². The number of halogens is 1. The molecule has 0 bridgehead atoms. The molecule has 1 aromatic heterocycles. The summed E-state index contributed by atoms with van der Waals surface area (Å²) in [6.45, 7) is 0. The lowest BCUT2D eigenvalue weighted by Gasteiger charge is -1.90. The Morgan fingerprint density at radius 3 is 2.75 bits per heavy atom. The van der Waals surface area contributed by atoms with Gasteiger partial charge in [-0.2, -0.15) is 0 Å². The fourth-order valence-electron chi connectivity index (χ4n) is 0.465. The average molecular weight is 144 g/mol. The molecule has 0 spiro atoms. The Kier molecular flexibility index (Phi) is 1.65. The molecule has 0 N–H and O–H groups in total. The second-order valence-corrected chi connectivity index (χ2v) is 2.93. The molecule has 0 aromatic carbocycles. The fourth-order valence-corrected chi connectivity index (χ4v) is 0.902. The Bertz CT molecular complexity index is 169. The molecular weight excluding hydrogens is 138 g/mol. The highest BCUT2D eigenvalue weighted by Gasteiger charge is 1.88. The summed E-state index contributed by atoms with van der Waals surface area (Å²) in [4.78, 5) is 4.01. The summed E-state index contributed by atoms with van der Waals surface area (Å²) in [6, 6.07) is 3.70. The molecule has 0 fully saturated rings. The Balaban J connectivity index is 3.13. The summed E-state index contributed by atoms with van der Waals surface area (Å²) < 4.78 is 0. The van der Waals surface area contributed by atoms with Gasteiger partial charge in [-0.1, -0.05) is 11.6 Å². The Labute approximate surface area is 56.1 Å². The molecule has 42 valence electrons. The molecule has 0 radical (unpaired) electrons. The van der Waals surface area contributed by atoms with Crippen LogP contribution in [0.25, 0.3) is 0 Å². The van der Waals surface area contributed by atoms with Crippen LogP contribution in [0.5, 0.6) is 0 Å². The fraction of sp³-hybridized carbons (Fsp3) is 0. The topological polar surface area (TPSA) is 12.9 Å². The molecule has 3 heteroatoms. The van der Waals surface area contributed by atoms with E-state index < -0.39 is 0 Å². The highest BCUT2D eigenvalue weighted by Crippen LogP contribution is 1.97. The smallest absolute Gasteiger partial charge is 0.0643 e. The average Bonchev–Trinajstić information content (AvgIpc) is 1.77. The molecule has 1 aromatic rings. The van der Waals surface area contributed by atoms with Gasteiger partial charge in [0.05, 0.1) is 15.3 Å². The maximum Gasteiger partial charge on any atom is 0.0643 e. The molecule has 0 atom stereocenters. The van der Waals surface area contributed by atoms with Crippen molar-refractivity contribution in [2.45, 2.75) is 0 Å². The molecule has 1 rings (SSSR count). The molecule has 0 saturated heterocycles. The lowest BCUT2D eigenvalue weighted by atomic mass is 10.5. The quantitative estimate of drug-likeness (QED) is 0.456. The number of aromatic nitrogens is 1. The Morgan fingerprint density at radius 2 is 2.38 bits per heavy atom. The first-order chi connectivity index (χ1) is 3.80. The predicted octanol–water partition coefficient (Wildman–Crippen LogP) is -0.274. The summed E-state index contributed by atoms with van der Waals surface area (Å²) in [7, 11) is 0.933. The normalized spacial score (nSPS) is 9.62. The summed E-state index contributed by atoms with van der Waals surface area (Å²) >= 11 is 5.68. The molecule has 1 nitrogen and oxygen atoms in total. The predicted molar refractivity (Wildman–Crippen MR) is 38.8 cm³/mol. The molecule has 0 unspecified atom stereocenters. The van der Waals surface area contributed by atoms with Gasteiger partial charge in [-0.15, -0.1) is 0 Å². The van der Waals surface area contributed by atoms with Crippen LogP contribution >= 0.6 is 11.6 Å². The molecule has 8 heavy (non-hydrogen) atoms. The van der Waals surface area contributed by atoms with E-state index in [2.05, 4.69) is 4.98 Å². The van der Waals surface area contributed by atoms with Gasteiger partial charge < -0.3 is 0 Å². The van der Waals surface area contributed by atoms with Crippen LogP contribution in [-0.2, 0) is 0 Å². The summed E-state index contributed by atoms with van der Waals surface area (Å²) in [5, 5.41) is 1.81. The van der Waals surface area contributed by atoms with Crippen LogP contribution in [0.15, 0.2) is 18.3 Å². The van der Waals surface area contributed by atoms with Crippen LogP contribution in [0.1, 0.15) is 0 Å². The summed E-state index contributed by atoms with van der Waals surface area (Å²) in [6.07, 6.45) is 1.76. The van der Waals surface area contributed by atoms with Gasteiger partial charge in [-0.3, -0.25) is 4.98 Å². The molecule has 0 amide bonds. The van der Waals surface area contributed by atoms with E-state index in [1.54, 1.807) is 6.20 Å². The van der Waals surface area contributed by atoms with E-state index in [1.165, 1.54) is 0 Å². The van der Waals surface area contributed by atoms with Crippen LogP contribution in [0.4, 0.5) is 0 Å². The van der Waals surface area contributed by atoms with Gasteiger partial charge in [0, 0.05) is 11.5 Å². The monoisotopic (exact) mass is 143 g/mol. The van der Waals surface area contributed by atoms with Gasteiger partial charge in [0.25, 0.3) is 0 Å². The third kappa shape index (κ3) is 1.08. The van der Waals surface area contributed by atoms with Crippen molar-refractivity contribution in [3.8, 4) is 0 Å². The van der Waals surface area contributed by atoms with Gasteiger partial charge in [0.1, 0.15) is 0 Å². The zero-order valence-electron chi connectivity index (χ0n) is 4.56. The van der Waals surface area contributed by atoms with Crippen LogP contribution in [0.3, 0.4) is 0 Å². The third-order valence-electron chi connectivity index (χ3n) is 0.942.